The minimum Gasteiger partial charge on any atom is -0.308 e. The second kappa shape index (κ2) is 5.06. The zero-order valence-corrected chi connectivity index (χ0v) is 11.5. The van der Waals surface area contributed by atoms with Crippen molar-refractivity contribution >= 4 is 10.8 Å². The summed E-state index contributed by atoms with van der Waals surface area (Å²) in [5, 5.41) is 9.26. The van der Waals surface area contributed by atoms with Gasteiger partial charge in [-0.2, -0.15) is 5.10 Å². The highest BCUT2D eigenvalue weighted by Gasteiger charge is 2.18. The van der Waals surface area contributed by atoms with E-state index in [9.17, 15) is 4.39 Å². The van der Waals surface area contributed by atoms with Gasteiger partial charge in [0.05, 0.1) is 11.7 Å². The molecule has 1 aromatic heterocycles. The number of aromatic nitrogens is 2. The smallest absolute Gasteiger partial charge is 0.131 e. The van der Waals surface area contributed by atoms with Crippen LogP contribution in [0.2, 0.25) is 0 Å². The van der Waals surface area contributed by atoms with Crippen LogP contribution in [0.15, 0.2) is 48.7 Å². The summed E-state index contributed by atoms with van der Waals surface area (Å²) in [4.78, 5) is 0. The van der Waals surface area contributed by atoms with Crippen LogP contribution in [0.1, 0.15) is 17.3 Å². The van der Waals surface area contributed by atoms with Crippen molar-refractivity contribution < 1.29 is 4.39 Å². The second-order valence-electron chi connectivity index (χ2n) is 4.82. The number of rotatable bonds is 3. The van der Waals surface area contributed by atoms with Gasteiger partial charge in [0.15, 0.2) is 0 Å². The van der Waals surface area contributed by atoms with Crippen LogP contribution in [-0.2, 0) is 7.05 Å². The lowest BCUT2D eigenvalue weighted by Crippen LogP contribution is -2.19. The van der Waals surface area contributed by atoms with Gasteiger partial charge in [-0.15, -0.1) is 0 Å². The molecule has 0 bridgehead atoms. The van der Waals surface area contributed by atoms with Crippen LogP contribution < -0.4 is 5.32 Å². The first-order chi connectivity index (χ1) is 9.70. The Balaban J connectivity index is 2.20. The van der Waals surface area contributed by atoms with Crippen LogP contribution >= 0.6 is 0 Å². The number of fused-ring (bicyclic) bond motifs is 1. The zero-order valence-electron chi connectivity index (χ0n) is 11.5. The van der Waals surface area contributed by atoms with Gasteiger partial charge in [0.25, 0.3) is 0 Å². The normalized spacial score (nSPS) is 12.8. The largest absolute Gasteiger partial charge is 0.308 e. The quantitative estimate of drug-likeness (QED) is 0.792. The van der Waals surface area contributed by atoms with E-state index >= 15 is 0 Å². The lowest BCUT2D eigenvalue weighted by molar-refractivity contribution is 0.630. The van der Waals surface area contributed by atoms with Crippen LogP contribution in [0.4, 0.5) is 4.39 Å². The van der Waals surface area contributed by atoms with Gasteiger partial charge in [0.2, 0.25) is 0 Å². The molecule has 0 saturated heterocycles. The number of hydrogen-bond acceptors (Lipinski definition) is 2. The van der Waals surface area contributed by atoms with E-state index in [1.807, 2.05) is 50.6 Å². The van der Waals surface area contributed by atoms with E-state index < -0.39 is 0 Å². The van der Waals surface area contributed by atoms with Crippen molar-refractivity contribution in [1.29, 1.82) is 0 Å². The molecule has 1 unspecified atom stereocenters. The number of halogens is 1. The summed E-state index contributed by atoms with van der Waals surface area (Å²) in [5.41, 5.74) is 1.95. The summed E-state index contributed by atoms with van der Waals surface area (Å²) < 4.78 is 15.7. The monoisotopic (exact) mass is 269 g/mol. The van der Waals surface area contributed by atoms with Gasteiger partial charge in [-0.3, -0.25) is 4.68 Å². The fourth-order valence-electron chi connectivity index (χ4n) is 2.59. The zero-order chi connectivity index (χ0) is 14.1. The van der Waals surface area contributed by atoms with Crippen LogP contribution in [0.25, 0.3) is 10.8 Å². The van der Waals surface area contributed by atoms with Gasteiger partial charge in [0.1, 0.15) is 5.82 Å². The molecule has 0 aliphatic carbocycles. The highest BCUT2D eigenvalue weighted by molar-refractivity contribution is 5.87. The third-order valence-corrected chi connectivity index (χ3v) is 3.53. The predicted molar refractivity (Wildman–Crippen MR) is 78.0 cm³/mol. The number of hydrogen-bond donors (Lipinski definition) is 1. The van der Waals surface area contributed by atoms with E-state index in [0.717, 1.165) is 16.6 Å². The van der Waals surface area contributed by atoms with Crippen molar-refractivity contribution in [3.8, 4) is 0 Å². The molecule has 0 saturated carbocycles. The SMILES string of the molecule is CNC(c1ccn(C)n1)c1ccc(F)c2ccccc12. The van der Waals surface area contributed by atoms with Crippen molar-refractivity contribution in [2.45, 2.75) is 6.04 Å². The van der Waals surface area contributed by atoms with Crippen LogP contribution in [0, 0.1) is 5.82 Å². The van der Waals surface area contributed by atoms with Crippen molar-refractivity contribution in [1.82, 2.24) is 15.1 Å². The highest BCUT2D eigenvalue weighted by Crippen LogP contribution is 2.29. The third kappa shape index (κ3) is 2.08. The molecule has 0 radical (unpaired) electrons. The predicted octanol–water partition coefficient (Wildman–Crippen LogP) is 3.02. The average Bonchev–Trinajstić information content (AvgIpc) is 2.89. The summed E-state index contributed by atoms with van der Waals surface area (Å²) >= 11 is 0. The molecule has 0 amide bonds. The van der Waals surface area contributed by atoms with Gasteiger partial charge >= 0.3 is 0 Å². The molecule has 3 rings (SSSR count). The number of nitrogens with zero attached hydrogens (tertiary/aromatic N) is 2. The Bertz CT molecular complexity index is 748. The standard InChI is InChI=1S/C16H16FN3/c1-18-16(15-9-10-20(2)19-15)13-7-8-14(17)12-6-4-3-5-11(12)13/h3-10,16,18H,1-2H3. The summed E-state index contributed by atoms with van der Waals surface area (Å²) in [6, 6.07) is 12.8. The first-order valence-corrected chi connectivity index (χ1v) is 6.54. The molecule has 0 fully saturated rings. The minimum absolute atomic E-state index is 0.0540. The Hall–Kier alpha value is -2.20. The maximum Gasteiger partial charge on any atom is 0.131 e. The lowest BCUT2D eigenvalue weighted by atomic mass is 9.96. The number of nitrogens with one attached hydrogen (secondary N) is 1. The Labute approximate surface area is 117 Å². The fraction of sp³-hybridized carbons (Fsp3) is 0.188. The molecular weight excluding hydrogens is 253 g/mol. The Kier molecular flexibility index (Phi) is 3.24. The number of benzene rings is 2. The van der Waals surface area contributed by atoms with Crippen molar-refractivity contribution in [2.24, 2.45) is 7.05 Å². The second-order valence-corrected chi connectivity index (χ2v) is 4.82. The van der Waals surface area contributed by atoms with Crippen LogP contribution in [0.3, 0.4) is 0 Å². The molecule has 1 heterocycles. The Morgan fingerprint density at radius 1 is 1.10 bits per heavy atom. The summed E-state index contributed by atoms with van der Waals surface area (Å²) in [5.74, 6) is -0.194. The topological polar surface area (TPSA) is 29.9 Å². The van der Waals surface area contributed by atoms with Gasteiger partial charge in [0, 0.05) is 18.6 Å². The first-order valence-electron chi connectivity index (χ1n) is 6.54. The maximum atomic E-state index is 13.9. The highest BCUT2D eigenvalue weighted by atomic mass is 19.1. The van der Waals surface area contributed by atoms with E-state index in [-0.39, 0.29) is 11.9 Å². The maximum absolute atomic E-state index is 13.9. The first kappa shape index (κ1) is 12.8. The van der Waals surface area contributed by atoms with Crippen LogP contribution in [-0.4, -0.2) is 16.8 Å². The van der Waals surface area contributed by atoms with Gasteiger partial charge in [-0.25, -0.2) is 4.39 Å². The molecule has 0 aliphatic heterocycles. The van der Waals surface area contributed by atoms with Crippen molar-refractivity contribution in [3.05, 3.63) is 65.7 Å². The molecule has 3 nitrogen and oxygen atoms in total. The molecule has 1 atom stereocenters. The Morgan fingerprint density at radius 2 is 1.85 bits per heavy atom. The summed E-state index contributed by atoms with van der Waals surface area (Å²) in [7, 11) is 3.77. The van der Waals surface area contributed by atoms with E-state index in [0.29, 0.717) is 5.39 Å². The molecule has 20 heavy (non-hydrogen) atoms. The van der Waals surface area contributed by atoms with Crippen molar-refractivity contribution in [3.63, 3.8) is 0 Å². The lowest BCUT2D eigenvalue weighted by Gasteiger charge is -2.17. The molecule has 0 spiro atoms. The molecule has 0 aliphatic rings. The third-order valence-electron chi connectivity index (χ3n) is 3.53. The van der Waals surface area contributed by atoms with E-state index in [1.54, 1.807) is 10.7 Å². The van der Waals surface area contributed by atoms with E-state index in [4.69, 9.17) is 0 Å². The minimum atomic E-state index is -0.194. The summed E-state index contributed by atoms with van der Waals surface area (Å²) in [6.45, 7) is 0. The van der Waals surface area contributed by atoms with Gasteiger partial charge in [-0.05, 0) is 30.1 Å². The Morgan fingerprint density at radius 3 is 2.50 bits per heavy atom. The van der Waals surface area contributed by atoms with Crippen LogP contribution in [0.5, 0.6) is 0 Å². The van der Waals surface area contributed by atoms with Crippen molar-refractivity contribution in [2.75, 3.05) is 7.05 Å². The molecule has 1 N–H and O–H groups in total. The molecule has 4 heteroatoms. The fourth-order valence-corrected chi connectivity index (χ4v) is 2.59. The molecular formula is C16H16FN3. The van der Waals surface area contributed by atoms with Gasteiger partial charge < -0.3 is 5.32 Å². The summed E-state index contributed by atoms with van der Waals surface area (Å²) in [6.07, 6.45) is 1.91. The van der Waals surface area contributed by atoms with E-state index in [2.05, 4.69) is 10.4 Å². The average molecular weight is 269 g/mol. The molecule has 3 aromatic rings. The molecule has 102 valence electrons. The van der Waals surface area contributed by atoms with Gasteiger partial charge in [-0.1, -0.05) is 30.3 Å². The number of aryl methyl sites for hydroxylation is 1. The molecule has 2 aromatic carbocycles. The van der Waals surface area contributed by atoms with E-state index in [1.165, 1.54) is 6.07 Å².